The first kappa shape index (κ1) is 22.6. The SMILES string of the molecule is CCN1CCCC1CNC(=NC)NCCc1ccc(-c2csc(C)n2)s1.I. The van der Waals surface area contributed by atoms with Crippen LogP contribution in [0.15, 0.2) is 22.5 Å². The van der Waals surface area contributed by atoms with Gasteiger partial charge in [0.1, 0.15) is 0 Å². The van der Waals surface area contributed by atoms with E-state index in [4.69, 9.17) is 0 Å². The quantitative estimate of drug-likeness (QED) is 0.330. The molecule has 1 aliphatic heterocycles. The second kappa shape index (κ2) is 11.3. The van der Waals surface area contributed by atoms with E-state index in [9.17, 15) is 0 Å². The number of aromatic nitrogens is 1. The van der Waals surface area contributed by atoms with Crippen molar-refractivity contribution < 1.29 is 0 Å². The molecule has 1 unspecified atom stereocenters. The van der Waals surface area contributed by atoms with Crippen molar-refractivity contribution in [3.63, 3.8) is 0 Å². The minimum atomic E-state index is 0. The van der Waals surface area contributed by atoms with Crippen LogP contribution in [0.1, 0.15) is 29.7 Å². The molecule has 3 rings (SSSR count). The van der Waals surface area contributed by atoms with E-state index in [1.165, 1.54) is 29.1 Å². The average Bonchev–Trinajstić information content (AvgIpc) is 3.38. The standard InChI is InChI=1S/C19H29N5S2.HI/c1-4-24-11-5-6-15(24)12-22-19(20-3)21-10-9-16-7-8-18(26-16)17-13-25-14(2)23-17;/h7-8,13,15H,4-6,9-12H2,1-3H3,(H2,20,21,22);1H. The van der Waals surface area contributed by atoms with Crippen LogP contribution < -0.4 is 10.6 Å². The summed E-state index contributed by atoms with van der Waals surface area (Å²) in [6.45, 7) is 8.52. The third-order valence-electron chi connectivity index (χ3n) is 4.83. The van der Waals surface area contributed by atoms with Crippen LogP contribution in [-0.4, -0.2) is 55.1 Å². The lowest BCUT2D eigenvalue weighted by molar-refractivity contribution is 0.267. The molecule has 2 N–H and O–H groups in total. The van der Waals surface area contributed by atoms with Crippen molar-refractivity contribution in [1.29, 1.82) is 0 Å². The van der Waals surface area contributed by atoms with Gasteiger partial charge in [-0.25, -0.2) is 4.98 Å². The minimum Gasteiger partial charge on any atom is -0.356 e. The lowest BCUT2D eigenvalue weighted by atomic mass is 10.2. The summed E-state index contributed by atoms with van der Waals surface area (Å²) in [5.41, 5.74) is 1.10. The number of guanidine groups is 1. The van der Waals surface area contributed by atoms with Gasteiger partial charge in [0.25, 0.3) is 0 Å². The second-order valence-electron chi connectivity index (χ2n) is 6.57. The first-order valence-electron chi connectivity index (χ1n) is 9.39. The lowest BCUT2D eigenvalue weighted by Crippen LogP contribution is -2.45. The van der Waals surface area contributed by atoms with Crippen LogP contribution in [-0.2, 0) is 6.42 Å². The van der Waals surface area contributed by atoms with Gasteiger partial charge in [0.05, 0.1) is 15.6 Å². The molecule has 0 radical (unpaired) electrons. The van der Waals surface area contributed by atoms with Gasteiger partial charge < -0.3 is 10.6 Å². The van der Waals surface area contributed by atoms with E-state index < -0.39 is 0 Å². The molecule has 27 heavy (non-hydrogen) atoms. The maximum atomic E-state index is 4.57. The van der Waals surface area contributed by atoms with Gasteiger partial charge in [-0.15, -0.1) is 46.7 Å². The van der Waals surface area contributed by atoms with Crippen molar-refractivity contribution in [1.82, 2.24) is 20.5 Å². The van der Waals surface area contributed by atoms with Gasteiger partial charge in [-0.2, -0.15) is 0 Å². The molecule has 1 aliphatic rings. The normalized spacial score (nSPS) is 17.7. The van der Waals surface area contributed by atoms with Crippen LogP contribution in [0.25, 0.3) is 10.6 Å². The fourth-order valence-electron chi connectivity index (χ4n) is 3.41. The Bertz CT molecular complexity index is 727. The van der Waals surface area contributed by atoms with E-state index in [1.807, 2.05) is 18.4 Å². The van der Waals surface area contributed by atoms with Gasteiger partial charge in [0.15, 0.2) is 5.96 Å². The maximum Gasteiger partial charge on any atom is 0.191 e. The number of likely N-dealkylation sites (N-methyl/N-ethyl adjacent to an activating group) is 1. The predicted octanol–water partition coefficient (Wildman–Crippen LogP) is 3.99. The third kappa shape index (κ3) is 6.40. The van der Waals surface area contributed by atoms with E-state index in [2.05, 4.69) is 56.9 Å². The monoisotopic (exact) mass is 519 g/mol. The van der Waals surface area contributed by atoms with E-state index in [0.717, 1.165) is 42.7 Å². The molecule has 0 amide bonds. The van der Waals surface area contributed by atoms with Crippen LogP contribution in [0.4, 0.5) is 0 Å². The molecule has 5 nitrogen and oxygen atoms in total. The second-order valence-corrected chi connectivity index (χ2v) is 8.80. The molecule has 1 saturated heterocycles. The van der Waals surface area contributed by atoms with Crippen LogP contribution in [0.5, 0.6) is 0 Å². The summed E-state index contributed by atoms with van der Waals surface area (Å²) in [4.78, 5) is 14.1. The van der Waals surface area contributed by atoms with Gasteiger partial charge in [0.2, 0.25) is 0 Å². The van der Waals surface area contributed by atoms with E-state index in [-0.39, 0.29) is 24.0 Å². The first-order valence-corrected chi connectivity index (χ1v) is 11.1. The molecule has 0 spiro atoms. The Morgan fingerprint density at radius 2 is 2.22 bits per heavy atom. The molecule has 2 aromatic heterocycles. The summed E-state index contributed by atoms with van der Waals surface area (Å²) in [6, 6.07) is 5.03. The number of rotatable bonds is 7. The summed E-state index contributed by atoms with van der Waals surface area (Å²) in [6.07, 6.45) is 3.59. The molecule has 1 atom stereocenters. The molecule has 0 saturated carbocycles. The first-order chi connectivity index (χ1) is 12.7. The zero-order chi connectivity index (χ0) is 18.4. The molecular weight excluding hydrogens is 489 g/mol. The summed E-state index contributed by atoms with van der Waals surface area (Å²) >= 11 is 3.54. The highest BCUT2D eigenvalue weighted by Gasteiger charge is 2.22. The smallest absolute Gasteiger partial charge is 0.191 e. The maximum absolute atomic E-state index is 4.57. The Balaban J connectivity index is 0.00000261. The average molecular weight is 520 g/mol. The number of hydrogen-bond donors (Lipinski definition) is 2. The number of thiophene rings is 1. The fourth-order valence-corrected chi connectivity index (χ4v) is 5.06. The third-order valence-corrected chi connectivity index (χ3v) is 6.77. The minimum absolute atomic E-state index is 0. The zero-order valence-corrected chi connectivity index (χ0v) is 20.3. The Kier molecular flexibility index (Phi) is 9.47. The highest BCUT2D eigenvalue weighted by atomic mass is 127. The lowest BCUT2D eigenvalue weighted by Gasteiger charge is -2.23. The number of likely N-dealkylation sites (tertiary alicyclic amines) is 1. The Morgan fingerprint density at radius 1 is 1.37 bits per heavy atom. The van der Waals surface area contributed by atoms with Gasteiger partial charge in [0, 0.05) is 36.4 Å². The molecule has 3 heterocycles. The van der Waals surface area contributed by atoms with Crippen molar-refractivity contribution in [2.24, 2.45) is 4.99 Å². The number of halogens is 1. The summed E-state index contributed by atoms with van der Waals surface area (Å²) in [7, 11) is 1.84. The van der Waals surface area contributed by atoms with Gasteiger partial charge in [-0.3, -0.25) is 9.89 Å². The fraction of sp³-hybridized carbons (Fsp3) is 0.579. The molecule has 2 aromatic rings. The van der Waals surface area contributed by atoms with Gasteiger partial charge >= 0.3 is 0 Å². The van der Waals surface area contributed by atoms with Gasteiger partial charge in [-0.05, 0) is 51.4 Å². The largest absolute Gasteiger partial charge is 0.356 e. The zero-order valence-electron chi connectivity index (χ0n) is 16.3. The van der Waals surface area contributed by atoms with E-state index in [1.54, 1.807) is 11.3 Å². The Labute approximate surface area is 187 Å². The molecule has 0 bridgehead atoms. The molecular formula is C19H30IN5S2. The number of thiazole rings is 1. The summed E-state index contributed by atoms with van der Waals surface area (Å²) in [5, 5.41) is 10.2. The van der Waals surface area contributed by atoms with Crippen molar-refractivity contribution in [2.45, 2.75) is 39.2 Å². The molecule has 0 aromatic carbocycles. The highest BCUT2D eigenvalue weighted by Crippen LogP contribution is 2.29. The Hall–Kier alpha value is -0.710. The molecule has 8 heteroatoms. The van der Waals surface area contributed by atoms with E-state index >= 15 is 0 Å². The van der Waals surface area contributed by atoms with E-state index in [0.29, 0.717) is 6.04 Å². The predicted molar refractivity (Wildman–Crippen MR) is 129 cm³/mol. The highest BCUT2D eigenvalue weighted by molar-refractivity contribution is 14.0. The summed E-state index contributed by atoms with van der Waals surface area (Å²) < 4.78 is 0. The molecule has 150 valence electrons. The molecule has 0 aliphatic carbocycles. The van der Waals surface area contributed by atoms with Crippen molar-refractivity contribution >= 4 is 52.6 Å². The van der Waals surface area contributed by atoms with Crippen LogP contribution in [0.3, 0.4) is 0 Å². The van der Waals surface area contributed by atoms with Crippen LogP contribution in [0, 0.1) is 6.92 Å². The number of aliphatic imine (C=N–C) groups is 1. The van der Waals surface area contributed by atoms with Crippen LogP contribution >= 0.6 is 46.7 Å². The molecule has 1 fully saturated rings. The van der Waals surface area contributed by atoms with Crippen molar-refractivity contribution in [3.8, 4) is 10.6 Å². The van der Waals surface area contributed by atoms with Gasteiger partial charge in [-0.1, -0.05) is 6.92 Å². The number of nitrogens with one attached hydrogen (secondary N) is 2. The van der Waals surface area contributed by atoms with Crippen molar-refractivity contribution in [3.05, 3.63) is 27.4 Å². The Morgan fingerprint density at radius 3 is 2.93 bits per heavy atom. The summed E-state index contributed by atoms with van der Waals surface area (Å²) in [5.74, 6) is 0.903. The number of aryl methyl sites for hydroxylation is 1. The van der Waals surface area contributed by atoms with Crippen molar-refractivity contribution in [2.75, 3.05) is 33.2 Å². The van der Waals surface area contributed by atoms with Crippen LogP contribution in [0.2, 0.25) is 0 Å². The topological polar surface area (TPSA) is 52.5 Å². The number of hydrogen-bond acceptors (Lipinski definition) is 5. The number of nitrogens with zero attached hydrogens (tertiary/aromatic N) is 3.